The number of carbonyl (C=O) groups is 2. The number of hydrogen-bond donors (Lipinski definition) is 1. The summed E-state index contributed by atoms with van der Waals surface area (Å²) >= 11 is 0. The van der Waals surface area contributed by atoms with E-state index in [-0.39, 0.29) is 31.3 Å². The van der Waals surface area contributed by atoms with E-state index in [0.29, 0.717) is 29.4 Å². The Hall–Kier alpha value is -3.02. The smallest absolute Gasteiger partial charge is 0.231 e. The number of ether oxygens (including phenoxy) is 3. The first-order valence-electron chi connectivity index (χ1n) is 8.11. The van der Waals surface area contributed by atoms with Crippen molar-refractivity contribution >= 4 is 17.4 Å². The molecule has 1 heterocycles. The van der Waals surface area contributed by atoms with E-state index < -0.39 is 0 Å². The van der Waals surface area contributed by atoms with Gasteiger partial charge in [-0.3, -0.25) is 9.59 Å². The summed E-state index contributed by atoms with van der Waals surface area (Å²) in [6.45, 7) is 2.66. The summed E-state index contributed by atoms with van der Waals surface area (Å²) in [5.74, 6) is 1.67. The first-order chi connectivity index (χ1) is 12.2. The van der Waals surface area contributed by atoms with Crippen molar-refractivity contribution in [2.75, 3.05) is 18.7 Å². The molecule has 0 saturated carbocycles. The Kier molecular flexibility index (Phi) is 5.18. The summed E-state index contributed by atoms with van der Waals surface area (Å²) in [6.07, 6.45) is 0.255. The van der Waals surface area contributed by atoms with Crippen LogP contribution in [0.4, 0.5) is 5.69 Å². The molecule has 25 heavy (non-hydrogen) atoms. The fourth-order valence-electron chi connectivity index (χ4n) is 2.47. The Morgan fingerprint density at radius 1 is 1.04 bits per heavy atom. The number of anilines is 1. The standard InChI is InChI=1S/C19H19NO5/c1-2-23-15-6-3-13(4-7-15)16(21)8-10-19(22)20-14-5-9-17-18(11-14)25-12-24-17/h3-7,9,11H,2,8,10,12H2,1H3,(H,20,22). The van der Waals surface area contributed by atoms with Gasteiger partial charge in [0.05, 0.1) is 6.61 Å². The van der Waals surface area contributed by atoms with Gasteiger partial charge in [-0.05, 0) is 43.3 Å². The minimum absolute atomic E-state index is 0.0797. The van der Waals surface area contributed by atoms with Gasteiger partial charge in [0.25, 0.3) is 0 Å². The van der Waals surface area contributed by atoms with E-state index in [0.717, 1.165) is 5.75 Å². The number of amides is 1. The van der Waals surface area contributed by atoms with Crippen LogP contribution in [0, 0.1) is 0 Å². The highest BCUT2D eigenvalue weighted by molar-refractivity contribution is 6.00. The molecule has 3 rings (SSSR count). The minimum atomic E-state index is -0.224. The van der Waals surface area contributed by atoms with Crippen LogP contribution in [0.1, 0.15) is 30.1 Å². The zero-order chi connectivity index (χ0) is 17.6. The number of fused-ring (bicyclic) bond motifs is 1. The summed E-state index contributed by atoms with van der Waals surface area (Å²) in [6, 6.07) is 12.1. The lowest BCUT2D eigenvalue weighted by molar-refractivity contribution is -0.116. The third-order valence-electron chi connectivity index (χ3n) is 3.72. The predicted octanol–water partition coefficient (Wildman–Crippen LogP) is 3.42. The molecule has 1 amide bonds. The summed E-state index contributed by atoms with van der Waals surface area (Å²) in [7, 11) is 0. The van der Waals surface area contributed by atoms with Crippen LogP contribution < -0.4 is 19.5 Å². The number of nitrogens with one attached hydrogen (secondary N) is 1. The Bertz CT molecular complexity index is 770. The second kappa shape index (κ2) is 7.70. The molecule has 0 unspecified atom stereocenters. The monoisotopic (exact) mass is 341 g/mol. The number of ketones is 1. The number of Topliss-reactive ketones (excluding diaryl/α,β-unsaturated/α-hetero) is 1. The van der Waals surface area contributed by atoms with Gasteiger partial charge in [0.15, 0.2) is 17.3 Å². The molecule has 6 heteroatoms. The van der Waals surface area contributed by atoms with E-state index in [1.165, 1.54) is 0 Å². The van der Waals surface area contributed by atoms with E-state index in [1.807, 2.05) is 6.92 Å². The van der Waals surface area contributed by atoms with Crippen LogP contribution in [-0.2, 0) is 4.79 Å². The van der Waals surface area contributed by atoms with Gasteiger partial charge in [-0.25, -0.2) is 0 Å². The highest BCUT2D eigenvalue weighted by atomic mass is 16.7. The summed E-state index contributed by atoms with van der Waals surface area (Å²) in [4.78, 5) is 24.2. The molecular formula is C19H19NO5. The quantitative estimate of drug-likeness (QED) is 0.781. The van der Waals surface area contributed by atoms with Crippen LogP contribution in [0.25, 0.3) is 0 Å². The molecule has 1 aliphatic heterocycles. The molecule has 2 aromatic carbocycles. The minimum Gasteiger partial charge on any atom is -0.494 e. The largest absolute Gasteiger partial charge is 0.494 e. The van der Waals surface area contributed by atoms with E-state index in [9.17, 15) is 9.59 Å². The first kappa shape index (κ1) is 16.8. The van der Waals surface area contributed by atoms with Crippen molar-refractivity contribution in [1.29, 1.82) is 0 Å². The molecule has 0 aromatic heterocycles. The zero-order valence-corrected chi connectivity index (χ0v) is 13.9. The Balaban J connectivity index is 1.50. The maximum atomic E-state index is 12.2. The lowest BCUT2D eigenvalue weighted by atomic mass is 10.1. The van der Waals surface area contributed by atoms with Crippen LogP contribution in [0.3, 0.4) is 0 Å². The molecular weight excluding hydrogens is 322 g/mol. The van der Waals surface area contributed by atoms with Crippen LogP contribution in [0.2, 0.25) is 0 Å². The van der Waals surface area contributed by atoms with Crippen molar-refractivity contribution in [2.24, 2.45) is 0 Å². The fraction of sp³-hybridized carbons (Fsp3) is 0.263. The van der Waals surface area contributed by atoms with E-state index >= 15 is 0 Å². The summed E-state index contributed by atoms with van der Waals surface area (Å²) in [5.41, 5.74) is 1.18. The molecule has 0 atom stereocenters. The number of hydrogen-bond acceptors (Lipinski definition) is 5. The van der Waals surface area contributed by atoms with E-state index in [1.54, 1.807) is 42.5 Å². The topological polar surface area (TPSA) is 73.9 Å². The van der Waals surface area contributed by atoms with Gasteiger partial charge >= 0.3 is 0 Å². The second-order valence-electron chi connectivity index (χ2n) is 5.50. The molecule has 1 N–H and O–H groups in total. The predicted molar refractivity (Wildman–Crippen MR) is 92.4 cm³/mol. The maximum Gasteiger partial charge on any atom is 0.231 e. The van der Waals surface area contributed by atoms with Crippen LogP contribution >= 0.6 is 0 Å². The van der Waals surface area contributed by atoms with E-state index in [2.05, 4.69) is 5.32 Å². The Morgan fingerprint density at radius 3 is 2.56 bits per heavy atom. The highest BCUT2D eigenvalue weighted by Gasteiger charge is 2.15. The molecule has 0 spiro atoms. The number of benzene rings is 2. The lowest BCUT2D eigenvalue weighted by Crippen LogP contribution is -2.13. The molecule has 0 aliphatic carbocycles. The van der Waals surface area contributed by atoms with Crippen molar-refractivity contribution in [3.05, 3.63) is 48.0 Å². The molecule has 1 aliphatic rings. The lowest BCUT2D eigenvalue weighted by Gasteiger charge is -2.07. The first-order valence-corrected chi connectivity index (χ1v) is 8.11. The third kappa shape index (κ3) is 4.29. The SMILES string of the molecule is CCOc1ccc(C(=O)CCC(=O)Nc2ccc3c(c2)OCO3)cc1. The molecule has 6 nitrogen and oxygen atoms in total. The Morgan fingerprint density at radius 2 is 1.80 bits per heavy atom. The highest BCUT2D eigenvalue weighted by Crippen LogP contribution is 2.34. The normalized spacial score (nSPS) is 11.9. The van der Waals surface area contributed by atoms with Gasteiger partial charge in [0.1, 0.15) is 5.75 Å². The summed E-state index contributed by atoms with van der Waals surface area (Å²) in [5, 5.41) is 2.76. The van der Waals surface area contributed by atoms with Gasteiger partial charge < -0.3 is 19.5 Å². The van der Waals surface area contributed by atoms with Crippen LogP contribution in [0.5, 0.6) is 17.2 Å². The molecule has 0 saturated heterocycles. The van der Waals surface area contributed by atoms with Crippen molar-refractivity contribution in [1.82, 2.24) is 0 Å². The second-order valence-corrected chi connectivity index (χ2v) is 5.50. The van der Waals surface area contributed by atoms with E-state index in [4.69, 9.17) is 14.2 Å². The van der Waals surface area contributed by atoms with Crippen molar-refractivity contribution in [3.63, 3.8) is 0 Å². The molecule has 0 bridgehead atoms. The van der Waals surface area contributed by atoms with Gasteiger partial charge in [-0.1, -0.05) is 0 Å². The fourth-order valence-corrected chi connectivity index (χ4v) is 2.47. The molecule has 130 valence electrons. The van der Waals surface area contributed by atoms with Gasteiger partial charge in [-0.2, -0.15) is 0 Å². The number of carbonyl (C=O) groups excluding carboxylic acids is 2. The average molecular weight is 341 g/mol. The number of rotatable bonds is 7. The van der Waals surface area contributed by atoms with Gasteiger partial charge in [-0.15, -0.1) is 0 Å². The molecule has 2 aromatic rings. The molecule has 0 radical (unpaired) electrons. The van der Waals surface area contributed by atoms with Crippen LogP contribution in [-0.4, -0.2) is 25.1 Å². The van der Waals surface area contributed by atoms with Crippen LogP contribution in [0.15, 0.2) is 42.5 Å². The third-order valence-corrected chi connectivity index (χ3v) is 3.72. The Labute approximate surface area is 145 Å². The summed E-state index contributed by atoms with van der Waals surface area (Å²) < 4.78 is 15.8. The van der Waals surface area contributed by atoms with Crippen molar-refractivity contribution < 1.29 is 23.8 Å². The van der Waals surface area contributed by atoms with Crippen molar-refractivity contribution in [3.8, 4) is 17.2 Å². The maximum absolute atomic E-state index is 12.2. The zero-order valence-electron chi connectivity index (χ0n) is 13.9. The average Bonchev–Trinajstić information content (AvgIpc) is 3.08. The molecule has 0 fully saturated rings. The van der Waals surface area contributed by atoms with Gasteiger partial charge in [0, 0.05) is 30.2 Å². The van der Waals surface area contributed by atoms with Crippen molar-refractivity contribution in [2.45, 2.75) is 19.8 Å². The van der Waals surface area contributed by atoms with Gasteiger partial charge in [0.2, 0.25) is 12.7 Å².